The van der Waals surface area contributed by atoms with E-state index in [9.17, 15) is 14.9 Å². The largest absolute Gasteiger partial charge is 0.439 e. The van der Waals surface area contributed by atoms with E-state index in [0.29, 0.717) is 35.4 Å². The molecule has 0 unspecified atom stereocenters. The average molecular weight is 491 g/mol. The highest BCUT2D eigenvalue weighted by Gasteiger charge is 2.33. The minimum absolute atomic E-state index is 0.101. The normalized spacial score (nSPS) is 15.7. The molecule has 9 nitrogen and oxygen atoms in total. The maximum atomic E-state index is 13.1. The summed E-state index contributed by atoms with van der Waals surface area (Å²) in [5.74, 6) is 0.666. The van der Waals surface area contributed by atoms with Crippen molar-refractivity contribution in [2.45, 2.75) is 6.42 Å². The second-order valence-corrected chi connectivity index (χ2v) is 8.44. The Morgan fingerprint density at radius 1 is 1.11 bits per heavy atom. The highest BCUT2D eigenvalue weighted by Crippen LogP contribution is 2.34. The number of ether oxygens (including phenoxy) is 2. The first-order valence-corrected chi connectivity index (χ1v) is 11.6. The number of aliphatic imine (C=N–C) groups is 1. The maximum Gasteiger partial charge on any atom is 0.287 e. The zero-order valence-corrected chi connectivity index (χ0v) is 19.7. The van der Waals surface area contributed by atoms with Crippen molar-refractivity contribution in [2.24, 2.45) is 4.99 Å². The number of hydrogen-bond donors (Lipinski definition) is 0. The molecule has 1 amide bonds. The van der Waals surface area contributed by atoms with E-state index in [4.69, 9.17) is 9.47 Å². The first kappa shape index (κ1) is 24.1. The highest BCUT2D eigenvalue weighted by atomic mass is 32.2. The van der Waals surface area contributed by atoms with Gasteiger partial charge in [-0.1, -0.05) is 30.3 Å². The number of thioether (sulfide) groups is 1. The summed E-state index contributed by atoms with van der Waals surface area (Å²) in [6.07, 6.45) is 3.66. The lowest BCUT2D eigenvalue weighted by Gasteiger charge is -2.15. The molecule has 0 spiro atoms. The quantitative estimate of drug-likeness (QED) is 0.170. The van der Waals surface area contributed by atoms with Crippen LogP contribution in [0, 0.1) is 10.1 Å². The first-order chi connectivity index (χ1) is 17.0. The zero-order chi connectivity index (χ0) is 24.6. The van der Waals surface area contributed by atoms with Gasteiger partial charge in [0.25, 0.3) is 11.6 Å². The fraction of sp³-hybridized carbons (Fsp3) is 0.160. The minimum Gasteiger partial charge on any atom is -0.439 e. The molecule has 1 saturated heterocycles. The van der Waals surface area contributed by atoms with Gasteiger partial charge < -0.3 is 9.47 Å². The second kappa shape index (κ2) is 11.4. The molecule has 2 heterocycles. The van der Waals surface area contributed by atoms with Crippen molar-refractivity contribution >= 4 is 40.3 Å². The van der Waals surface area contributed by atoms with Crippen LogP contribution < -0.4 is 4.74 Å². The van der Waals surface area contributed by atoms with Gasteiger partial charge in [0.05, 0.1) is 15.5 Å². The van der Waals surface area contributed by atoms with Gasteiger partial charge >= 0.3 is 0 Å². The summed E-state index contributed by atoms with van der Waals surface area (Å²) < 4.78 is 10.8. The number of amidine groups is 1. The predicted octanol–water partition coefficient (Wildman–Crippen LogP) is 5.42. The Hall–Kier alpha value is -4.02. The van der Waals surface area contributed by atoms with E-state index in [1.807, 2.05) is 48.5 Å². The Balaban J connectivity index is 1.50. The average Bonchev–Trinajstić information content (AvgIpc) is 3.15. The number of amides is 1. The van der Waals surface area contributed by atoms with Crippen molar-refractivity contribution in [3.05, 3.63) is 93.5 Å². The van der Waals surface area contributed by atoms with Crippen LogP contribution in [0.3, 0.4) is 0 Å². The Morgan fingerprint density at radius 3 is 2.54 bits per heavy atom. The third kappa shape index (κ3) is 6.31. The van der Waals surface area contributed by atoms with Crippen molar-refractivity contribution in [2.75, 3.05) is 20.3 Å². The van der Waals surface area contributed by atoms with E-state index in [2.05, 4.69) is 9.98 Å². The van der Waals surface area contributed by atoms with E-state index >= 15 is 0 Å². The molecule has 0 radical (unpaired) electrons. The number of carbonyl (C=O) groups is 1. The summed E-state index contributed by atoms with van der Waals surface area (Å²) in [5, 5.41) is 11.4. The smallest absolute Gasteiger partial charge is 0.287 e. The molecule has 0 atom stereocenters. The number of rotatable bonds is 9. The molecule has 1 aliphatic heterocycles. The van der Waals surface area contributed by atoms with E-state index in [0.717, 1.165) is 17.4 Å². The molecule has 0 N–H and O–H groups in total. The van der Waals surface area contributed by atoms with Crippen LogP contribution in [0.25, 0.3) is 6.08 Å². The topological polar surface area (TPSA) is 107 Å². The van der Waals surface area contributed by atoms with Crippen molar-refractivity contribution in [1.29, 1.82) is 0 Å². The molecule has 4 rings (SSSR count). The number of aromatic nitrogens is 1. The van der Waals surface area contributed by atoms with Crippen LogP contribution in [0.2, 0.25) is 0 Å². The first-order valence-electron chi connectivity index (χ1n) is 10.8. The molecular formula is C25H22N4O5S. The molecule has 3 aromatic rings. The Morgan fingerprint density at radius 2 is 1.89 bits per heavy atom. The molecule has 0 saturated carbocycles. The van der Waals surface area contributed by atoms with E-state index in [1.165, 1.54) is 23.9 Å². The van der Waals surface area contributed by atoms with Crippen LogP contribution in [0.15, 0.2) is 82.8 Å². The molecule has 1 aromatic heterocycles. The van der Waals surface area contributed by atoms with Gasteiger partial charge in [0.15, 0.2) is 5.17 Å². The summed E-state index contributed by atoms with van der Waals surface area (Å²) in [7, 11) is 1.63. The van der Waals surface area contributed by atoms with Crippen molar-refractivity contribution in [3.63, 3.8) is 0 Å². The Kier molecular flexibility index (Phi) is 7.86. The number of methoxy groups -OCH3 is 1. The van der Waals surface area contributed by atoms with Crippen LogP contribution in [-0.4, -0.2) is 46.1 Å². The number of carbonyl (C=O) groups excluding carboxylic acids is 1. The monoisotopic (exact) mass is 490 g/mol. The van der Waals surface area contributed by atoms with Gasteiger partial charge in [-0.2, -0.15) is 0 Å². The lowest BCUT2D eigenvalue weighted by atomic mass is 10.2. The molecule has 35 heavy (non-hydrogen) atoms. The van der Waals surface area contributed by atoms with Gasteiger partial charge in [0.2, 0.25) is 5.88 Å². The maximum absolute atomic E-state index is 13.1. The predicted molar refractivity (Wildman–Crippen MR) is 135 cm³/mol. The van der Waals surface area contributed by atoms with Gasteiger partial charge in [0, 0.05) is 32.4 Å². The summed E-state index contributed by atoms with van der Waals surface area (Å²) in [4.78, 5) is 34.2. The van der Waals surface area contributed by atoms with E-state index in [-0.39, 0.29) is 17.5 Å². The fourth-order valence-corrected chi connectivity index (χ4v) is 4.24. The van der Waals surface area contributed by atoms with Crippen LogP contribution in [0.5, 0.6) is 11.6 Å². The molecule has 1 fully saturated rings. The van der Waals surface area contributed by atoms with Crippen LogP contribution in [0.1, 0.15) is 12.0 Å². The van der Waals surface area contributed by atoms with Crippen molar-refractivity contribution in [3.8, 4) is 11.6 Å². The second-order valence-electron chi connectivity index (χ2n) is 7.43. The molecule has 2 aromatic carbocycles. The van der Waals surface area contributed by atoms with Gasteiger partial charge in [-0.15, -0.1) is 0 Å². The van der Waals surface area contributed by atoms with Crippen LogP contribution in [-0.2, 0) is 9.53 Å². The lowest BCUT2D eigenvalue weighted by Crippen LogP contribution is -2.30. The Labute approximate surface area is 206 Å². The van der Waals surface area contributed by atoms with Gasteiger partial charge in [-0.05, 0) is 54.1 Å². The molecule has 1 aliphatic rings. The number of para-hydroxylation sites is 1. The number of nitro groups is 1. The van der Waals surface area contributed by atoms with Crippen molar-refractivity contribution in [1.82, 2.24) is 9.88 Å². The molecule has 0 bridgehead atoms. The summed E-state index contributed by atoms with van der Waals surface area (Å²) in [6, 6.07) is 19.4. The summed E-state index contributed by atoms with van der Waals surface area (Å²) in [6.45, 7) is 1.06. The zero-order valence-electron chi connectivity index (χ0n) is 18.9. The van der Waals surface area contributed by atoms with Gasteiger partial charge in [-0.25, -0.2) is 9.98 Å². The lowest BCUT2D eigenvalue weighted by molar-refractivity contribution is -0.385. The van der Waals surface area contributed by atoms with Crippen LogP contribution >= 0.6 is 11.8 Å². The Bertz CT molecular complexity index is 1250. The number of nitrogens with zero attached hydrogens (tertiary/aromatic N) is 4. The number of hydrogen-bond acceptors (Lipinski definition) is 8. The van der Waals surface area contributed by atoms with E-state index < -0.39 is 4.92 Å². The molecule has 178 valence electrons. The third-order valence-corrected chi connectivity index (χ3v) is 5.94. The van der Waals surface area contributed by atoms with E-state index in [1.54, 1.807) is 24.1 Å². The fourth-order valence-electron chi connectivity index (χ4n) is 3.21. The SMILES string of the molecule is COCCCN1C(=O)/C(=C\c2ccc(Oc3ccc([N+](=O)[O-])cn3)cc2)SC1=Nc1ccccc1. The molecular weight excluding hydrogens is 468 g/mol. The van der Waals surface area contributed by atoms with Gasteiger partial charge in [-0.3, -0.25) is 19.8 Å². The highest BCUT2D eigenvalue weighted by molar-refractivity contribution is 8.18. The molecule has 10 heteroatoms. The standard InChI is InChI=1S/C25H22N4O5S/c1-33-15-5-14-28-24(30)22(35-25(28)27-19-6-3-2-4-7-19)16-18-8-11-21(12-9-18)34-23-13-10-20(17-26-23)29(31)32/h2-4,6-13,16-17H,5,14-15H2,1H3/b22-16+,27-25?. The minimum atomic E-state index is -0.518. The third-order valence-electron chi connectivity index (χ3n) is 4.93. The number of benzene rings is 2. The van der Waals surface area contributed by atoms with Crippen LogP contribution in [0.4, 0.5) is 11.4 Å². The number of pyridine rings is 1. The van der Waals surface area contributed by atoms with Gasteiger partial charge in [0.1, 0.15) is 11.9 Å². The summed E-state index contributed by atoms with van der Waals surface area (Å²) >= 11 is 1.34. The molecule has 0 aliphatic carbocycles. The van der Waals surface area contributed by atoms with Crippen molar-refractivity contribution < 1.29 is 19.2 Å². The summed E-state index contributed by atoms with van der Waals surface area (Å²) in [5.41, 5.74) is 1.49.